The van der Waals surface area contributed by atoms with Crippen molar-refractivity contribution in [2.75, 3.05) is 5.32 Å². The molecule has 0 aliphatic carbocycles. The lowest BCUT2D eigenvalue weighted by molar-refractivity contribution is 0.494. The first kappa shape index (κ1) is 14.0. The van der Waals surface area contributed by atoms with Crippen LogP contribution in [0.15, 0.2) is 29.2 Å². The second-order valence-electron chi connectivity index (χ2n) is 4.36. The summed E-state index contributed by atoms with van der Waals surface area (Å²) in [5.74, 6) is 0.462. The fraction of sp³-hybridized carbons (Fsp3) is 0.500. The van der Waals surface area contributed by atoms with Crippen LogP contribution in [0.4, 0.5) is 5.69 Å². The molecule has 0 amide bonds. The van der Waals surface area contributed by atoms with Crippen LogP contribution >= 0.6 is 0 Å². The molecule has 0 aliphatic heterocycles. The van der Waals surface area contributed by atoms with Gasteiger partial charge < -0.3 is 5.32 Å². The first-order chi connectivity index (χ1) is 7.86. The third-order valence-electron chi connectivity index (χ3n) is 3.07. The van der Waals surface area contributed by atoms with Gasteiger partial charge in [0.25, 0.3) is 0 Å². The van der Waals surface area contributed by atoms with Crippen molar-refractivity contribution in [3.63, 3.8) is 0 Å². The maximum atomic E-state index is 11.4. The smallest absolute Gasteiger partial charge is 0.240 e. The van der Waals surface area contributed by atoms with Crippen LogP contribution in [0.1, 0.15) is 27.2 Å². The molecule has 0 bridgehead atoms. The molecular weight excluding hydrogens is 236 g/mol. The normalized spacial score (nSPS) is 15.3. The van der Waals surface area contributed by atoms with Crippen LogP contribution in [-0.2, 0) is 10.0 Å². The molecule has 17 heavy (non-hydrogen) atoms. The van der Waals surface area contributed by atoms with Gasteiger partial charge >= 0.3 is 0 Å². The monoisotopic (exact) mass is 256 g/mol. The quantitative estimate of drug-likeness (QED) is 0.848. The van der Waals surface area contributed by atoms with Crippen LogP contribution in [0.5, 0.6) is 0 Å². The van der Waals surface area contributed by atoms with Crippen LogP contribution in [0.2, 0.25) is 0 Å². The van der Waals surface area contributed by atoms with Crippen LogP contribution in [0.25, 0.3) is 0 Å². The summed E-state index contributed by atoms with van der Waals surface area (Å²) in [6.45, 7) is 6.26. The highest BCUT2D eigenvalue weighted by Crippen LogP contribution is 2.22. The Hall–Kier alpha value is -1.07. The lowest BCUT2D eigenvalue weighted by atomic mass is 10.0. The van der Waals surface area contributed by atoms with Crippen LogP contribution in [-0.4, -0.2) is 14.5 Å². The Morgan fingerprint density at radius 3 is 2.41 bits per heavy atom. The molecule has 0 saturated carbocycles. The molecule has 1 rings (SSSR count). The summed E-state index contributed by atoms with van der Waals surface area (Å²) < 4.78 is 22.8. The number of nitrogens with two attached hydrogens (primary N) is 1. The van der Waals surface area contributed by atoms with Crippen molar-refractivity contribution in [3.05, 3.63) is 24.3 Å². The highest BCUT2D eigenvalue weighted by molar-refractivity contribution is 7.89. The number of hydrogen-bond donors (Lipinski definition) is 2. The molecule has 0 saturated heterocycles. The van der Waals surface area contributed by atoms with Crippen molar-refractivity contribution in [1.29, 1.82) is 0 Å². The van der Waals surface area contributed by atoms with E-state index in [0.29, 0.717) is 11.6 Å². The average Bonchev–Trinajstić information content (AvgIpc) is 2.27. The Kier molecular flexibility index (Phi) is 4.54. The Balaban J connectivity index is 3.00. The van der Waals surface area contributed by atoms with Gasteiger partial charge in [0, 0.05) is 6.04 Å². The van der Waals surface area contributed by atoms with Crippen LogP contribution in [0, 0.1) is 5.92 Å². The van der Waals surface area contributed by atoms with Crippen LogP contribution in [0.3, 0.4) is 0 Å². The first-order valence-corrected chi connectivity index (χ1v) is 7.29. The average molecular weight is 256 g/mol. The predicted octanol–water partition coefficient (Wildman–Crippen LogP) is 2.18. The van der Waals surface area contributed by atoms with E-state index in [2.05, 4.69) is 19.2 Å². The Bertz CT molecular complexity index is 471. The van der Waals surface area contributed by atoms with E-state index in [4.69, 9.17) is 5.14 Å². The van der Waals surface area contributed by atoms with E-state index in [1.807, 2.05) is 6.92 Å². The zero-order valence-corrected chi connectivity index (χ0v) is 11.3. The number of benzene rings is 1. The summed E-state index contributed by atoms with van der Waals surface area (Å²) in [7, 11) is -3.67. The van der Waals surface area contributed by atoms with Gasteiger partial charge in [-0.1, -0.05) is 32.4 Å². The molecule has 1 aromatic rings. The summed E-state index contributed by atoms with van der Waals surface area (Å²) in [6.07, 6.45) is 1.03. The van der Waals surface area contributed by atoms with Gasteiger partial charge in [0.15, 0.2) is 0 Å². The summed E-state index contributed by atoms with van der Waals surface area (Å²) in [5, 5.41) is 8.38. The molecular formula is C12H20N2O2S. The van der Waals surface area contributed by atoms with Gasteiger partial charge in [-0.15, -0.1) is 0 Å². The molecule has 3 N–H and O–H groups in total. The second-order valence-corrected chi connectivity index (χ2v) is 5.89. The fourth-order valence-corrected chi connectivity index (χ4v) is 2.28. The number of sulfonamides is 1. The van der Waals surface area contributed by atoms with E-state index < -0.39 is 10.0 Å². The molecule has 96 valence electrons. The predicted molar refractivity (Wildman–Crippen MR) is 70.4 cm³/mol. The Morgan fingerprint density at radius 1 is 1.29 bits per heavy atom. The van der Waals surface area contributed by atoms with E-state index >= 15 is 0 Å². The highest BCUT2D eigenvalue weighted by Gasteiger charge is 2.16. The summed E-state index contributed by atoms with van der Waals surface area (Å²) in [6, 6.07) is 6.90. The largest absolute Gasteiger partial charge is 0.381 e. The number of rotatable bonds is 5. The molecule has 0 aromatic heterocycles. The van der Waals surface area contributed by atoms with Crippen molar-refractivity contribution in [1.82, 2.24) is 0 Å². The minimum Gasteiger partial charge on any atom is -0.381 e. The zero-order chi connectivity index (χ0) is 13.1. The number of para-hydroxylation sites is 1. The minimum atomic E-state index is -3.67. The maximum absolute atomic E-state index is 11.4. The van der Waals surface area contributed by atoms with Crippen molar-refractivity contribution < 1.29 is 8.42 Å². The van der Waals surface area contributed by atoms with E-state index in [9.17, 15) is 8.42 Å². The van der Waals surface area contributed by atoms with Gasteiger partial charge in [-0.3, -0.25) is 0 Å². The molecule has 5 heteroatoms. The lowest BCUT2D eigenvalue weighted by Gasteiger charge is -2.22. The zero-order valence-electron chi connectivity index (χ0n) is 10.5. The van der Waals surface area contributed by atoms with Gasteiger partial charge in [0.2, 0.25) is 10.0 Å². The van der Waals surface area contributed by atoms with E-state index in [1.54, 1.807) is 18.2 Å². The summed E-state index contributed by atoms with van der Waals surface area (Å²) >= 11 is 0. The molecule has 0 spiro atoms. The van der Waals surface area contributed by atoms with Crippen LogP contribution < -0.4 is 10.5 Å². The minimum absolute atomic E-state index is 0.148. The van der Waals surface area contributed by atoms with Gasteiger partial charge in [0.1, 0.15) is 4.90 Å². The maximum Gasteiger partial charge on any atom is 0.240 e. The van der Waals surface area contributed by atoms with E-state index in [1.165, 1.54) is 6.07 Å². The molecule has 0 aliphatic rings. The molecule has 2 unspecified atom stereocenters. The summed E-state index contributed by atoms with van der Waals surface area (Å²) in [5.41, 5.74) is 0.572. The third-order valence-corrected chi connectivity index (χ3v) is 4.04. The van der Waals surface area contributed by atoms with Crippen molar-refractivity contribution in [2.24, 2.45) is 11.1 Å². The SMILES string of the molecule is CCC(C)C(C)Nc1ccccc1S(N)(=O)=O. The van der Waals surface area contributed by atoms with Crippen molar-refractivity contribution in [2.45, 2.75) is 38.1 Å². The number of anilines is 1. The van der Waals surface area contributed by atoms with Gasteiger partial charge in [-0.2, -0.15) is 0 Å². The Morgan fingerprint density at radius 2 is 1.88 bits per heavy atom. The van der Waals surface area contributed by atoms with Gasteiger partial charge in [-0.25, -0.2) is 13.6 Å². The molecule has 4 nitrogen and oxygen atoms in total. The second kappa shape index (κ2) is 5.51. The summed E-state index contributed by atoms with van der Waals surface area (Å²) in [4.78, 5) is 0.148. The standard InChI is InChI=1S/C12H20N2O2S/c1-4-9(2)10(3)14-11-7-5-6-8-12(11)17(13,15)16/h5-10,14H,4H2,1-3H3,(H2,13,15,16). The van der Waals surface area contributed by atoms with Crippen molar-refractivity contribution >= 4 is 15.7 Å². The van der Waals surface area contributed by atoms with E-state index in [-0.39, 0.29) is 10.9 Å². The van der Waals surface area contributed by atoms with Gasteiger partial charge in [0.05, 0.1) is 5.69 Å². The fourth-order valence-electron chi connectivity index (χ4n) is 1.58. The number of primary sulfonamides is 1. The number of nitrogens with one attached hydrogen (secondary N) is 1. The Labute approximate surface area is 103 Å². The molecule has 1 aromatic carbocycles. The molecule has 2 atom stereocenters. The number of hydrogen-bond acceptors (Lipinski definition) is 3. The first-order valence-electron chi connectivity index (χ1n) is 5.74. The lowest BCUT2D eigenvalue weighted by Crippen LogP contribution is -2.25. The third kappa shape index (κ3) is 3.71. The molecule has 0 radical (unpaired) electrons. The topological polar surface area (TPSA) is 72.2 Å². The van der Waals surface area contributed by atoms with Gasteiger partial charge in [-0.05, 0) is 25.0 Å². The van der Waals surface area contributed by atoms with E-state index in [0.717, 1.165) is 6.42 Å². The van der Waals surface area contributed by atoms with Crippen molar-refractivity contribution in [3.8, 4) is 0 Å². The highest BCUT2D eigenvalue weighted by atomic mass is 32.2. The molecule has 0 heterocycles. The molecule has 0 fully saturated rings.